The molecule has 5 rings (SSSR count). The predicted octanol–water partition coefficient (Wildman–Crippen LogP) is 3.02. The molecular formula is C32H34N6O5. The van der Waals surface area contributed by atoms with E-state index in [1.165, 1.54) is 12.1 Å². The molecule has 1 fully saturated rings. The van der Waals surface area contributed by atoms with Crippen molar-refractivity contribution in [2.45, 2.75) is 0 Å². The van der Waals surface area contributed by atoms with Crippen molar-refractivity contribution in [3.63, 3.8) is 0 Å². The second-order valence-corrected chi connectivity index (χ2v) is 10.5. The molecule has 11 heteroatoms. The summed E-state index contributed by atoms with van der Waals surface area (Å²) in [6.45, 7) is 3.52. The van der Waals surface area contributed by atoms with Crippen molar-refractivity contribution in [3.05, 3.63) is 89.5 Å². The lowest BCUT2D eigenvalue weighted by atomic mass is 10.00. The summed E-state index contributed by atoms with van der Waals surface area (Å²) < 4.78 is 1.03. The Morgan fingerprint density at radius 3 is 2.23 bits per heavy atom. The Kier molecular flexibility index (Phi) is 8.67. The quantitative estimate of drug-likeness (QED) is 0.269. The number of nitrogens with two attached hydrogens (primary N) is 1. The lowest BCUT2D eigenvalue weighted by Gasteiger charge is -2.32. The minimum absolute atomic E-state index is 0.00573. The van der Waals surface area contributed by atoms with E-state index < -0.39 is 18.4 Å². The molecule has 4 N–H and O–H groups in total. The van der Waals surface area contributed by atoms with Gasteiger partial charge < -0.3 is 25.7 Å². The van der Waals surface area contributed by atoms with E-state index >= 15 is 0 Å². The summed E-state index contributed by atoms with van der Waals surface area (Å²) in [5.41, 5.74) is 8.39. The zero-order valence-electron chi connectivity index (χ0n) is 24.1. The van der Waals surface area contributed by atoms with Gasteiger partial charge in [-0.05, 0) is 43.4 Å². The highest BCUT2D eigenvalue weighted by Crippen LogP contribution is 2.35. The van der Waals surface area contributed by atoms with Gasteiger partial charge in [0.25, 0.3) is 0 Å². The third-order valence-electron chi connectivity index (χ3n) is 7.71. The van der Waals surface area contributed by atoms with Crippen LogP contribution in [0.3, 0.4) is 0 Å². The average Bonchev–Trinajstić information content (AvgIpc) is 3.31. The highest BCUT2D eigenvalue weighted by Gasteiger charge is 2.26. The van der Waals surface area contributed by atoms with Gasteiger partial charge in [-0.3, -0.25) is 14.5 Å². The summed E-state index contributed by atoms with van der Waals surface area (Å²) in [6.07, 6.45) is 0. The number of likely N-dealkylation sites (N-methyl/N-ethyl adjacent to an activating group) is 2. The van der Waals surface area contributed by atoms with E-state index in [9.17, 15) is 24.6 Å². The number of amides is 1. The monoisotopic (exact) mass is 582 g/mol. The normalized spacial score (nSPS) is 14.6. The number of aromatic carboxylic acids is 1. The van der Waals surface area contributed by atoms with Gasteiger partial charge in [0.2, 0.25) is 17.7 Å². The van der Waals surface area contributed by atoms with Gasteiger partial charge in [0.1, 0.15) is 0 Å². The van der Waals surface area contributed by atoms with Crippen molar-refractivity contribution in [1.29, 1.82) is 0 Å². The number of carboxylic acids is 1. The molecule has 0 bridgehead atoms. The maximum atomic E-state index is 13.0. The van der Waals surface area contributed by atoms with Crippen molar-refractivity contribution in [2.24, 2.45) is 10.7 Å². The molecule has 2 heterocycles. The first-order valence-electron chi connectivity index (χ1n) is 13.9. The molecule has 0 radical (unpaired) electrons. The number of hydrogen-bond acceptors (Lipinski definition) is 8. The standard InChI is InChI=1S/C32H34N6O5/c1-35-14-16-37(17-15-35)20-28(40)36(2)24-11-9-23(10-12-24)34-30(21-6-4-3-5-7-21)29-25-13-8-22(32(42)43)18-26(25)38(31(29)41)27(39)19-33/h3-13,18,41H,14-17,19-20,33H2,1-2H3,(H,42,43). The number of piperazine rings is 1. The fourth-order valence-electron chi connectivity index (χ4n) is 5.17. The average molecular weight is 583 g/mol. The van der Waals surface area contributed by atoms with E-state index in [4.69, 9.17) is 10.7 Å². The molecule has 0 atom stereocenters. The number of aromatic hydroxyl groups is 1. The molecule has 0 saturated carbocycles. The molecule has 0 unspecified atom stereocenters. The highest BCUT2D eigenvalue weighted by atomic mass is 16.4. The van der Waals surface area contributed by atoms with Gasteiger partial charge in [0, 0.05) is 49.9 Å². The first-order valence-corrected chi connectivity index (χ1v) is 13.9. The number of hydrogen-bond donors (Lipinski definition) is 3. The van der Waals surface area contributed by atoms with Crippen molar-refractivity contribution >= 4 is 45.8 Å². The number of rotatable bonds is 8. The number of nitrogens with zero attached hydrogens (tertiary/aromatic N) is 5. The number of aromatic nitrogens is 1. The largest absolute Gasteiger partial charge is 0.494 e. The van der Waals surface area contributed by atoms with Crippen LogP contribution in [-0.4, -0.2) is 101 Å². The van der Waals surface area contributed by atoms with Gasteiger partial charge in [-0.15, -0.1) is 0 Å². The molecule has 0 aliphatic carbocycles. The molecule has 1 aliphatic heterocycles. The summed E-state index contributed by atoms with van der Waals surface area (Å²) in [5, 5.41) is 21.4. The lowest BCUT2D eigenvalue weighted by molar-refractivity contribution is -0.119. The van der Waals surface area contributed by atoms with Crippen LogP contribution in [0.4, 0.5) is 11.4 Å². The molecule has 43 heavy (non-hydrogen) atoms. The second kappa shape index (κ2) is 12.6. The summed E-state index contributed by atoms with van der Waals surface area (Å²) in [5.74, 6) is -2.16. The van der Waals surface area contributed by atoms with Gasteiger partial charge >= 0.3 is 5.97 Å². The second-order valence-electron chi connectivity index (χ2n) is 10.5. The van der Waals surface area contributed by atoms with E-state index in [0.29, 0.717) is 34.6 Å². The Bertz CT molecular complexity index is 1690. The molecule has 222 valence electrons. The first-order chi connectivity index (χ1) is 20.7. The Hall–Kier alpha value is -4.84. The van der Waals surface area contributed by atoms with Crippen LogP contribution in [0, 0.1) is 0 Å². The molecule has 4 aromatic rings. The SMILES string of the molecule is CN1CCN(CC(=O)N(C)c2ccc(N=C(c3ccccc3)c3c(O)n(C(=O)CN)c4cc(C(=O)O)ccc34)cc2)CC1. The number of carbonyl (C=O) groups excluding carboxylic acids is 2. The number of fused-ring (bicyclic) bond motifs is 1. The smallest absolute Gasteiger partial charge is 0.335 e. The van der Waals surface area contributed by atoms with Gasteiger partial charge in [-0.25, -0.2) is 14.4 Å². The van der Waals surface area contributed by atoms with E-state index in [1.807, 2.05) is 42.5 Å². The Balaban J connectivity index is 1.53. The van der Waals surface area contributed by atoms with Crippen LogP contribution in [0.25, 0.3) is 10.9 Å². The van der Waals surface area contributed by atoms with Crippen molar-refractivity contribution < 1.29 is 24.6 Å². The van der Waals surface area contributed by atoms with E-state index in [0.717, 1.165) is 30.7 Å². The maximum absolute atomic E-state index is 13.0. The third kappa shape index (κ3) is 6.19. The number of benzene rings is 3. The minimum Gasteiger partial charge on any atom is -0.494 e. The lowest BCUT2D eigenvalue weighted by Crippen LogP contribution is -2.48. The Labute approximate surface area is 249 Å². The van der Waals surface area contributed by atoms with Crippen molar-refractivity contribution in [3.8, 4) is 5.88 Å². The van der Waals surface area contributed by atoms with Gasteiger partial charge in [0.05, 0.1) is 41.1 Å². The van der Waals surface area contributed by atoms with Crippen LogP contribution >= 0.6 is 0 Å². The number of carboxylic acid groups (broad SMARTS) is 1. The predicted molar refractivity (Wildman–Crippen MR) is 166 cm³/mol. The summed E-state index contributed by atoms with van der Waals surface area (Å²) in [4.78, 5) is 48.4. The Morgan fingerprint density at radius 2 is 1.60 bits per heavy atom. The van der Waals surface area contributed by atoms with E-state index in [2.05, 4.69) is 16.8 Å². The van der Waals surface area contributed by atoms with Gasteiger partial charge in [-0.2, -0.15) is 0 Å². The van der Waals surface area contributed by atoms with Crippen LogP contribution < -0.4 is 10.6 Å². The van der Waals surface area contributed by atoms with E-state index in [-0.39, 0.29) is 28.4 Å². The molecule has 3 aromatic carbocycles. The molecule has 1 amide bonds. The van der Waals surface area contributed by atoms with Crippen molar-refractivity contribution in [1.82, 2.24) is 14.4 Å². The highest BCUT2D eigenvalue weighted by molar-refractivity contribution is 6.23. The molecular weight excluding hydrogens is 548 g/mol. The summed E-state index contributed by atoms with van der Waals surface area (Å²) in [6, 6.07) is 20.7. The molecule has 1 saturated heterocycles. The molecule has 11 nitrogen and oxygen atoms in total. The molecule has 1 aromatic heterocycles. The topological polar surface area (TPSA) is 145 Å². The van der Waals surface area contributed by atoms with Crippen LogP contribution in [0.5, 0.6) is 5.88 Å². The minimum atomic E-state index is -1.17. The molecule has 1 aliphatic rings. The van der Waals surface area contributed by atoms with E-state index in [1.54, 1.807) is 30.1 Å². The van der Waals surface area contributed by atoms with Gasteiger partial charge in [-0.1, -0.05) is 36.4 Å². The van der Waals surface area contributed by atoms with Crippen LogP contribution in [-0.2, 0) is 4.79 Å². The zero-order chi connectivity index (χ0) is 30.7. The molecule has 0 spiro atoms. The summed E-state index contributed by atoms with van der Waals surface area (Å²) in [7, 11) is 3.83. The fourth-order valence-corrected chi connectivity index (χ4v) is 5.17. The number of anilines is 1. The van der Waals surface area contributed by atoms with Crippen LogP contribution in [0.2, 0.25) is 0 Å². The van der Waals surface area contributed by atoms with Gasteiger partial charge in [0.15, 0.2) is 0 Å². The number of carbonyl (C=O) groups is 3. The number of aliphatic imine (C=N–C) groups is 1. The van der Waals surface area contributed by atoms with Crippen molar-refractivity contribution in [2.75, 3.05) is 58.3 Å². The Morgan fingerprint density at radius 1 is 0.930 bits per heavy atom. The first kappa shape index (κ1) is 29.6. The summed E-state index contributed by atoms with van der Waals surface area (Å²) >= 11 is 0. The third-order valence-corrected chi connectivity index (χ3v) is 7.71. The fraction of sp³-hybridized carbons (Fsp3) is 0.250. The van der Waals surface area contributed by atoms with Crippen LogP contribution in [0.1, 0.15) is 26.3 Å². The van der Waals surface area contributed by atoms with Crippen LogP contribution in [0.15, 0.2) is 77.8 Å². The maximum Gasteiger partial charge on any atom is 0.335 e. The zero-order valence-corrected chi connectivity index (χ0v) is 24.1.